The van der Waals surface area contributed by atoms with E-state index in [1.807, 2.05) is 45.2 Å². The van der Waals surface area contributed by atoms with Crippen molar-refractivity contribution in [2.24, 2.45) is 22.7 Å². The van der Waals surface area contributed by atoms with Gasteiger partial charge >= 0.3 is 6.18 Å². The molecule has 2 atom stereocenters. The van der Waals surface area contributed by atoms with Gasteiger partial charge in [0.25, 0.3) is 10.0 Å². The van der Waals surface area contributed by atoms with E-state index in [1.54, 1.807) is 18.2 Å². The minimum absolute atomic E-state index is 0.0325. The van der Waals surface area contributed by atoms with Crippen LogP contribution in [0.4, 0.5) is 19.1 Å². The van der Waals surface area contributed by atoms with E-state index >= 15 is 0 Å². The lowest BCUT2D eigenvalue weighted by Gasteiger charge is -2.60. The molecule has 0 radical (unpaired) electrons. The fourth-order valence-electron chi connectivity index (χ4n) is 8.46. The predicted molar refractivity (Wildman–Crippen MR) is 165 cm³/mol. The minimum atomic E-state index is -4.32. The van der Waals surface area contributed by atoms with E-state index < -0.39 is 27.5 Å². The second kappa shape index (κ2) is 10.7. The number of hydrogen-bond acceptors (Lipinski definition) is 6. The highest BCUT2D eigenvalue weighted by molar-refractivity contribution is 7.92. The van der Waals surface area contributed by atoms with Crippen LogP contribution in [-0.4, -0.2) is 44.3 Å². The maximum Gasteiger partial charge on any atom is 0.394 e. The zero-order chi connectivity index (χ0) is 31.8. The summed E-state index contributed by atoms with van der Waals surface area (Å²) in [5, 5.41) is 3.34. The van der Waals surface area contributed by atoms with Crippen molar-refractivity contribution in [2.75, 3.05) is 18.4 Å². The predicted octanol–water partition coefficient (Wildman–Crippen LogP) is 7.16. The molecule has 1 unspecified atom stereocenters. The highest BCUT2D eigenvalue weighted by Gasteiger charge is 2.64. The lowest BCUT2D eigenvalue weighted by Crippen LogP contribution is -2.56. The van der Waals surface area contributed by atoms with E-state index in [9.17, 15) is 21.6 Å². The van der Waals surface area contributed by atoms with Crippen LogP contribution in [0.15, 0.2) is 53.4 Å². The third-order valence-corrected chi connectivity index (χ3v) is 12.3. The first-order valence-electron chi connectivity index (χ1n) is 15.8. The molecular weight excluding hydrogens is 601 g/mol. The molecule has 1 spiro atoms. The Morgan fingerprint density at radius 1 is 1.00 bits per heavy atom. The number of aromatic nitrogens is 2. The van der Waals surface area contributed by atoms with Crippen molar-refractivity contribution in [1.82, 2.24) is 15.3 Å². The standard InChI is InChI=1S/C34H39F3N4O3S/c1-20-6-4-7-21(2)29(20)27-13-28-40-31(39-27)41-45(42,43)26-9-5-8-22(12-26)30(23-14-32(15-23)17-25(18-32)38-3)24(19-44-28)16-33(10-11-33)34(35,36)37/h4-9,12-13,23-25,30,38H,10-11,14-19H2,1-3H3,(H,39,40,41)/t23?,24-,25?,30?,32?/m1/s1. The van der Waals surface area contributed by atoms with Crippen LogP contribution in [0.3, 0.4) is 0 Å². The Morgan fingerprint density at radius 3 is 2.33 bits per heavy atom. The van der Waals surface area contributed by atoms with Crippen molar-refractivity contribution in [3.8, 4) is 17.1 Å². The number of rotatable bonds is 5. The Hall–Kier alpha value is -3.18. The first-order chi connectivity index (χ1) is 21.3. The first kappa shape index (κ1) is 30.5. The van der Waals surface area contributed by atoms with Crippen LogP contribution in [0, 0.1) is 36.5 Å². The molecule has 45 heavy (non-hydrogen) atoms. The summed E-state index contributed by atoms with van der Waals surface area (Å²) in [5.41, 5.74) is 2.40. The molecule has 11 heteroatoms. The summed E-state index contributed by atoms with van der Waals surface area (Å²) in [6.45, 7) is 3.92. The Labute approximate surface area is 262 Å². The summed E-state index contributed by atoms with van der Waals surface area (Å²) in [7, 11) is -2.15. The third-order valence-electron chi connectivity index (χ3n) is 10.9. The lowest BCUT2D eigenvalue weighted by molar-refractivity contribution is -0.194. The van der Waals surface area contributed by atoms with Gasteiger partial charge in [-0.3, -0.25) is 0 Å². The fourth-order valence-corrected chi connectivity index (χ4v) is 9.45. The number of halogens is 3. The van der Waals surface area contributed by atoms with Crippen molar-refractivity contribution in [3.63, 3.8) is 0 Å². The number of sulfonamides is 1. The largest absolute Gasteiger partial charge is 0.477 e. The molecule has 7 nitrogen and oxygen atoms in total. The smallest absolute Gasteiger partial charge is 0.394 e. The Morgan fingerprint density at radius 2 is 1.69 bits per heavy atom. The molecule has 0 amide bonds. The van der Waals surface area contributed by atoms with Gasteiger partial charge in [-0.25, -0.2) is 18.1 Å². The molecule has 3 aliphatic carbocycles. The molecule has 2 N–H and O–H groups in total. The fraction of sp³-hybridized carbons (Fsp3) is 0.529. The van der Waals surface area contributed by atoms with Gasteiger partial charge in [-0.2, -0.15) is 18.2 Å². The zero-order valence-corrected chi connectivity index (χ0v) is 26.6. The Kier molecular flexibility index (Phi) is 7.24. The normalized spacial score (nSPS) is 29.6. The van der Waals surface area contributed by atoms with Crippen LogP contribution in [0.2, 0.25) is 0 Å². The van der Waals surface area contributed by atoms with Gasteiger partial charge in [-0.15, -0.1) is 0 Å². The number of nitrogens with one attached hydrogen (secondary N) is 2. The van der Waals surface area contributed by atoms with Crippen molar-refractivity contribution < 1.29 is 26.3 Å². The van der Waals surface area contributed by atoms with E-state index in [2.05, 4.69) is 20.0 Å². The number of anilines is 1. The maximum absolute atomic E-state index is 14.4. The topological polar surface area (TPSA) is 93.2 Å². The number of fused-ring (bicyclic) bond motifs is 4. The molecule has 240 valence electrons. The molecular formula is C34H39F3N4O3S. The number of ether oxygens (including phenoxy) is 1. The van der Waals surface area contributed by atoms with Crippen LogP contribution in [-0.2, 0) is 10.0 Å². The molecule has 3 fully saturated rings. The van der Waals surface area contributed by atoms with Gasteiger partial charge in [0.05, 0.1) is 22.6 Å². The third kappa shape index (κ3) is 5.49. The molecule has 0 saturated heterocycles. The lowest BCUT2D eigenvalue weighted by atomic mass is 9.46. The number of benzene rings is 2. The van der Waals surface area contributed by atoms with E-state index in [1.165, 1.54) is 6.07 Å². The first-order valence-corrected chi connectivity index (χ1v) is 17.2. The molecule has 7 rings (SSSR count). The van der Waals surface area contributed by atoms with Crippen LogP contribution < -0.4 is 14.8 Å². The highest BCUT2D eigenvalue weighted by atomic mass is 32.2. The average Bonchev–Trinajstić information content (AvgIpc) is 3.72. The molecule has 2 heterocycles. The summed E-state index contributed by atoms with van der Waals surface area (Å²) < 4.78 is 79.6. The number of aryl methyl sites for hydroxylation is 2. The van der Waals surface area contributed by atoms with Gasteiger partial charge < -0.3 is 10.1 Å². The summed E-state index contributed by atoms with van der Waals surface area (Å²) in [6.07, 6.45) is -0.240. The van der Waals surface area contributed by atoms with Gasteiger partial charge in [0.15, 0.2) is 0 Å². The van der Waals surface area contributed by atoms with Crippen LogP contribution in [0.1, 0.15) is 67.6 Å². The average molecular weight is 641 g/mol. The number of nitrogens with zero attached hydrogens (tertiary/aromatic N) is 2. The van der Waals surface area contributed by atoms with Crippen molar-refractivity contribution in [1.29, 1.82) is 0 Å². The summed E-state index contributed by atoms with van der Waals surface area (Å²) in [5.74, 6) is -0.683. The Balaban J connectivity index is 1.32. The minimum Gasteiger partial charge on any atom is -0.477 e. The Bertz CT molecular complexity index is 1710. The summed E-state index contributed by atoms with van der Waals surface area (Å²) in [6, 6.07) is 14.6. The van der Waals surface area contributed by atoms with Crippen LogP contribution >= 0.6 is 0 Å². The number of hydrogen-bond donors (Lipinski definition) is 2. The summed E-state index contributed by atoms with van der Waals surface area (Å²) in [4.78, 5) is 8.99. The number of alkyl halides is 3. The van der Waals surface area contributed by atoms with E-state index in [4.69, 9.17) is 4.74 Å². The van der Waals surface area contributed by atoms with Gasteiger partial charge in [-0.1, -0.05) is 30.3 Å². The highest BCUT2D eigenvalue weighted by Crippen LogP contribution is 2.66. The van der Waals surface area contributed by atoms with Crippen LogP contribution in [0.5, 0.6) is 5.88 Å². The van der Waals surface area contributed by atoms with Gasteiger partial charge in [0.2, 0.25) is 11.8 Å². The van der Waals surface area contributed by atoms with E-state index in [0.717, 1.165) is 47.9 Å². The summed E-state index contributed by atoms with van der Waals surface area (Å²) >= 11 is 0. The molecule has 4 bridgehead atoms. The maximum atomic E-state index is 14.4. The molecule has 3 aromatic rings. The molecule has 1 aromatic heterocycles. The zero-order valence-electron chi connectivity index (χ0n) is 25.7. The SMILES string of the molecule is CNC1CC2(C1)CC(C1c3cccc(c3)S(=O)(=O)Nc3nc(cc(-c4c(C)cccc4C)n3)OC[C@H]1CC1(C(F)(F)F)CC1)C2. The second-order valence-electron chi connectivity index (χ2n) is 14.0. The van der Waals surface area contributed by atoms with Gasteiger partial charge in [0.1, 0.15) is 0 Å². The van der Waals surface area contributed by atoms with Crippen molar-refractivity contribution in [3.05, 3.63) is 65.2 Å². The molecule has 3 saturated carbocycles. The molecule has 4 aliphatic rings. The quantitative estimate of drug-likeness (QED) is 0.307. The van der Waals surface area contributed by atoms with Crippen molar-refractivity contribution >= 4 is 16.0 Å². The monoisotopic (exact) mass is 640 g/mol. The van der Waals surface area contributed by atoms with E-state index in [0.29, 0.717) is 11.7 Å². The molecule has 2 aromatic carbocycles. The van der Waals surface area contributed by atoms with Crippen LogP contribution in [0.25, 0.3) is 11.3 Å². The van der Waals surface area contributed by atoms with Gasteiger partial charge in [0, 0.05) is 23.6 Å². The van der Waals surface area contributed by atoms with Crippen molar-refractivity contribution in [2.45, 2.75) is 81.8 Å². The van der Waals surface area contributed by atoms with Gasteiger partial charge in [-0.05, 0) is 112 Å². The molecule has 1 aliphatic heterocycles. The second-order valence-corrected chi connectivity index (χ2v) is 15.7. The van der Waals surface area contributed by atoms with E-state index in [-0.39, 0.29) is 59.8 Å².